The summed E-state index contributed by atoms with van der Waals surface area (Å²) >= 11 is 17.7. The van der Waals surface area contributed by atoms with Crippen LogP contribution in [-0.2, 0) is 13.1 Å². The number of benzene rings is 2. The summed E-state index contributed by atoms with van der Waals surface area (Å²) in [5, 5.41) is 4.72. The highest BCUT2D eigenvalue weighted by atomic mass is 35.5. The van der Waals surface area contributed by atoms with Gasteiger partial charge in [-0.1, -0.05) is 35.3 Å². The van der Waals surface area contributed by atoms with Crippen molar-refractivity contribution in [1.82, 2.24) is 14.5 Å². The van der Waals surface area contributed by atoms with Crippen molar-refractivity contribution in [2.75, 3.05) is 11.9 Å². The van der Waals surface area contributed by atoms with Crippen molar-refractivity contribution in [3.8, 4) is 0 Å². The highest BCUT2D eigenvalue weighted by Gasteiger charge is 2.12. The van der Waals surface area contributed by atoms with Gasteiger partial charge in [0.2, 0.25) is 0 Å². The SMILES string of the molecule is Fc1ccc(CN(CCCn2ccnc2)C(=S)Nc2ccc(Cl)c(Cl)c2)cc1. The number of nitrogens with zero attached hydrogens (tertiary/aromatic N) is 3. The van der Waals surface area contributed by atoms with Gasteiger partial charge in [0.15, 0.2) is 5.11 Å². The number of hydrogen-bond donors (Lipinski definition) is 1. The lowest BCUT2D eigenvalue weighted by molar-refractivity contribution is 0.395. The molecule has 146 valence electrons. The van der Waals surface area contributed by atoms with Crippen molar-refractivity contribution in [1.29, 1.82) is 0 Å². The molecular weight excluding hydrogens is 418 g/mol. The number of aryl methyl sites for hydroxylation is 1. The summed E-state index contributed by atoms with van der Waals surface area (Å²) in [5.74, 6) is -0.257. The van der Waals surface area contributed by atoms with Gasteiger partial charge >= 0.3 is 0 Å². The molecule has 0 aliphatic heterocycles. The Bertz CT molecular complexity index is 916. The van der Waals surface area contributed by atoms with Crippen LogP contribution in [-0.4, -0.2) is 26.1 Å². The fraction of sp³-hybridized carbons (Fsp3) is 0.200. The number of imidazole rings is 1. The van der Waals surface area contributed by atoms with Crippen molar-refractivity contribution in [2.24, 2.45) is 0 Å². The van der Waals surface area contributed by atoms with Gasteiger partial charge in [-0.2, -0.15) is 0 Å². The van der Waals surface area contributed by atoms with Crippen LogP contribution in [0.1, 0.15) is 12.0 Å². The zero-order valence-electron chi connectivity index (χ0n) is 15.0. The summed E-state index contributed by atoms with van der Waals surface area (Å²) in [4.78, 5) is 6.10. The molecule has 0 unspecified atom stereocenters. The largest absolute Gasteiger partial charge is 0.345 e. The lowest BCUT2D eigenvalue weighted by Gasteiger charge is -2.26. The first-order valence-electron chi connectivity index (χ1n) is 8.72. The molecule has 0 amide bonds. The Balaban J connectivity index is 1.68. The average Bonchev–Trinajstić information content (AvgIpc) is 3.19. The van der Waals surface area contributed by atoms with Crippen LogP contribution in [0.4, 0.5) is 10.1 Å². The predicted molar refractivity (Wildman–Crippen MR) is 116 cm³/mol. The van der Waals surface area contributed by atoms with E-state index in [2.05, 4.69) is 10.3 Å². The maximum absolute atomic E-state index is 13.2. The van der Waals surface area contributed by atoms with Gasteiger partial charge in [-0.05, 0) is 54.5 Å². The lowest BCUT2D eigenvalue weighted by Crippen LogP contribution is -2.35. The van der Waals surface area contributed by atoms with Crippen molar-refractivity contribution in [3.05, 3.63) is 82.6 Å². The van der Waals surface area contributed by atoms with Gasteiger partial charge in [0.05, 0.1) is 16.4 Å². The number of aromatic nitrogens is 2. The van der Waals surface area contributed by atoms with Gasteiger partial charge in [0.1, 0.15) is 5.82 Å². The number of anilines is 1. The van der Waals surface area contributed by atoms with Gasteiger partial charge in [-0.15, -0.1) is 0 Å². The molecule has 2 aromatic carbocycles. The Morgan fingerprint density at radius 2 is 1.93 bits per heavy atom. The minimum atomic E-state index is -0.257. The molecule has 0 saturated carbocycles. The molecule has 8 heteroatoms. The Labute approximate surface area is 178 Å². The minimum absolute atomic E-state index is 0.257. The van der Waals surface area contributed by atoms with Crippen LogP contribution in [0, 0.1) is 5.82 Å². The van der Waals surface area contributed by atoms with E-state index in [1.807, 2.05) is 21.7 Å². The summed E-state index contributed by atoms with van der Waals surface area (Å²) in [6.45, 7) is 2.12. The third-order valence-electron chi connectivity index (χ3n) is 4.15. The molecule has 0 radical (unpaired) electrons. The van der Waals surface area contributed by atoms with Crippen LogP contribution in [0.5, 0.6) is 0 Å². The van der Waals surface area contributed by atoms with Crippen LogP contribution < -0.4 is 5.32 Å². The van der Waals surface area contributed by atoms with Crippen LogP contribution in [0.2, 0.25) is 10.0 Å². The molecule has 1 N–H and O–H groups in total. The highest BCUT2D eigenvalue weighted by molar-refractivity contribution is 7.80. The van der Waals surface area contributed by atoms with Gasteiger partial charge in [-0.25, -0.2) is 9.37 Å². The number of thiocarbonyl (C=S) groups is 1. The van der Waals surface area contributed by atoms with Gasteiger partial charge < -0.3 is 14.8 Å². The Morgan fingerprint density at radius 3 is 2.61 bits per heavy atom. The van der Waals surface area contributed by atoms with E-state index in [9.17, 15) is 4.39 Å². The van der Waals surface area contributed by atoms with E-state index >= 15 is 0 Å². The molecular formula is C20H19Cl2FN4S. The van der Waals surface area contributed by atoms with Crippen LogP contribution in [0.15, 0.2) is 61.2 Å². The Morgan fingerprint density at radius 1 is 1.14 bits per heavy atom. The lowest BCUT2D eigenvalue weighted by atomic mass is 10.2. The monoisotopic (exact) mass is 436 g/mol. The quantitative estimate of drug-likeness (QED) is 0.487. The molecule has 3 aromatic rings. The molecule has 0 bridgehead atoms. The van der Waals surface area contributed by atoms with E-state index in [1.165, 1.54) is 12.1 Å². The second-order valence-corrected chi connectivity index (χ2v) is 7.46. The molecule has 0 fully saturated rings. The molecule has 3 rings (SSSR count). The molecule has 28 heavy (non-hydrogen) atoms. The Kier molecular flexibility index (Phi) is 7.25. The van der Waals surface area contributed by atoms with E-state index < -0.39 is 0 Å². The van der Waals surface area contributed by atoms with Crippen LogP contribution >= 0.6 is 35.4 Å². The van der Waals surface area contributed by atoms with Crippen molar-refractivity contribution in [2.45, 2.75) is 19.5 Å². The maximum atomic E-state index is 13.2. The van der Waals surface area contributed by atoms with Crippen molar-refractivity contribution >= 4 is 46.2 Å². The Hall–Kier alpha value is -2.15. The van der Waals surface area contributed by atoms with E-state index in [1.54, 1.807) is 36.8 Å². The number of halogens is 3. The van der Waals surface area contributed by atoms with E-state index in [0.717, 1.165) is 30.8 Å². The zero-order valence-corrected chi connectivity index (χ0v) is 17.3. The standard InChI is InChI=1S/C20H19Cl2FN4S/c21-18-7-6-17(12-19(18)22)25-20(28)27(10-1-9-26-11-8-24-14-26)13-15-2-4-16(23)5-3-15/h2-8,11-12,14H,1,9-10,13H2,(H,25,28). The smallest absolute Gasteiger partial charge is 0.173 e. The first-order valence-corrected chi connectivity index (χ1v) is 9.89. The molecule has 0 spiro atoms. The summed E-state index contributed by atoms with van der Waals surface area (Å²) in [6, 6.07) is 11.7. The minimum Gasteiger partial charge on any atom is -0.345 e. The van der Waals surface area contributed by atoms with Crippen LogP contribution in [0.3, 0.4) is 0 Å². The molecule has 4 nitrogen and oxygen atoms in total. The van der Waals surface area contributed by atoms with E-state index in [4.69, 9.17) is 35.4 Å². The topological polar surface area (TPSA) is 33.1 Å². The second kappa shape index (κ2) is 9.87. The fourth-order valence-corrected chi connectivity index (χ4v) is 3.27. The molecule has 1 aromatic heterocycles. The number of nitrogens with one attached hydrogen (secondary N) is 1. The maximum Gasteiger partial charge on any atom is 0.173 e. The van der Waals surface area contributed by atoms with E-state index in [-0.39, 0.29) is 5.82 Å². The van der Waals surface area contributed by atoms with Crippen molar-refractivity contribution < 1.29 is 4.39 Å². The van der Waals surface area contributed by atoms with Crippen LogP contribution in [0.25, 0.3) is 0 Å². The fourth-order valence-electron chi connectivity index (χ4n) is 2.70. The first kappa shape index (κ1) is 20.6. The molecule has 0 aliphatic carbocycles. The molecule has 0 aliphatic rings. The number of rotatable bonds is 7. The third-order valence-corrected chi connectivity index (χ3v) is 5.25. The molecule has 0 saturated heterocycles. The normalized spacial score (nSPS) is 10.7. The molecule has 1 heterocycles. The predicted octanol–water partition coefficient (Wildman–Crippen LogP) is 5.62. The highest BCUT2D eigenvalue weighted by Crippen LogP contribution is 2.25. The first-order chi connectivity index (χ1) is 13.5. The number of hydrogen-bond acceptors (Lipinski definition) is 2. The molecule has 0 atom stereocenters. The third kappa shape index (κ3) is 5.92. The van der Waals surface area contributed by atoms with Gasteiger partial charge in [-0.3, -0.25) is 0 Å². The summed E-state index contributed by atoms with van der Waals surface area (Å²) in [5.41, 5.74) is 1.74. The zero-order chi connectivity index (χ0) is 19.9. The second-order valence-electron chi connectivity index (χ2n) is 6.26. The average molecular weight is 437 g/mol. The summed E-state index contributed by atoms with van der Waals surface area (Å²) in [7, 11) is 0. The summed E-state index contributed by atoms with van der Waals surface area (Å²) < 4.78 is 15.2. The van der Waals surface area contributed by atoms with E-state index in [0.29, 0.717) is 21.7 Å². The van der Waals surface area contributed by atoms with Gasteiger partial charge in [0, 0.05) is 37.7 Å². The summed E-state index contributed by atoms with van der Waals surface area (Å²) in [6.07, 6.45) is 6.35. The van der Waals surface area contributed by atoms with Gasteiger partial charge in [0.25, 0.3) is 0 Å². The van der Waals surface area contributed by atoms with Crippen molar-refractivity contribution in [3.63, 3.8) is 0 Å².